The highest BCUT2D eigenvalue weighted by molar-refractivity contribution is 5.72. The summed E-state index contributed by atoms with van der Waals surface area (Å²) in [5, 5.41) is 9.61. The molecule has 0 rings (SSSR count). The highest BCUT2D eigenvalue weighted by atomic mass is 16.6. The largest absolute Gasteiger partial charge is 0.477 e. The van der Waals surface area contributed by atoms with Gasteiger partial charge in [0.25, 0.3) is 0 Å². The Kier molecular flexibility index (Phi) is 36.0. The maximum atomic E-state index is 12.7. The number of hydrogen-bond acceptors (Lipinski definition) is 6. The Morgan fingerprint density at radius 3 is 1.55 bits per heavy atom. The molecule has 56 heavy (non-hydrogen) atoms. The van der Waals surface area contributed by atoms with Gasteiger partial charge in [0.2, 0.25) is 0 Å². The molecular weight excluding hydrogens is 703 g/mol. The molecule has 0 aliphatic heterocycles. The molecule has 0 aromatic heterocycles. The number of aliphatic carboxylic acids is 1. The molecule has 0 aromatic carbocycles. The Morgan fingerprint density at radius 2 is 1.02 bits per heavy atom. The third-order valence-electron chi connectivity index (χ3n) is 9.19. The minimum absolute atomic E-state index is 0.0398. The van der Waals surface area contributed by atoms with Gasteiger partial charge in [0.15, 0.2) is 12.1 Å². The van der Waals surface area contributed by atoms with E-state index in [0.717, 1.165) is 51.4 Å². The molecule has 8 nitrogen and oxygen atoms in total. The van der Waals surface area contributed by atoms with Crippen molar-refractivity contribution in [2.75, 3.05) is 41.0 Å². The predicted molar refractivity (Wildman–Crippen MR) is 233 cm³/mol. The van der Waals surface area contributed by atoms with Crippen LogP contribution >= 0.6 is 0 Å². The predicted octanol–water partition coefficient (Wildman–Crippen LogP) is 11.7. The lowest BCUT2D eigenvalue weighted by molar-refractivity contribution is -0.887. The first-order valence-electron chi connectivity index (χ1n) is 21.7. The molecule has 0 aromatic rings. The minimum atomic E-state index is -0.886. The number of carbonyl (C=O) groups excluding carboxylic acids is 2. The zero-order valence-electron chi connectivity index (χ0n) is 36.1. The fourth-order valence-corrected chi connectivity index (χ4v) is 5.82. The van der Waals surface area contributed by atoms with Gasteiger partial charge in [-0.25, -0.2) is 4.79 Å². The number of ether oxygens (including phenoxy) is 3. The highest BCUT2D eigenvalue weighted by Gasteiger charge is 2.31. The molecule has 0 aliphatic rings. The standard InChI is InChI=1S/C48H79NO7/c1-6-8-10-12-14-16-18-20-22-23-25-26-28-30-32-34-36-38-46(50)55-43-44(42-54-41-40-45(48(52)53)49(3,4)5)56-47(51)39-37-35-33-31-29-27-24-21-19-17-15-13-11-9-7-2/h8,10,12,14,16-20,22-23,25-26,28,44-45H,6-7,9,11,13,15,21,24,27,29-43H2,1-5H3/p+1/b10-8+,14-12+,18-16+,19-17+,22-20+,25-23+,28-26+. The molecule has 0 saturated heterocycles. The van der Waals surface area contributed by atoms with Gasteiger partial charge < -0.3 is 23.8 Å². The van der Waals surface area contributed by atoms with Gasteiger partial charge in [0, 0.05) is 19.3 Å². The second-order valence-electron chi connectivity index (χ2n) is 15.4. The zero-order chi connectivity index (χ0) is 41.4. The van der Waals surface area contributed by atoms with Gasteiger partial charge in [-0.2, -0.15) is 0 Å². The third kappa shape index (κ3) is 36.2. The second-order valence-corrected chi connectivity index (χ2v) is 15.4. The van der Waals surface area contributed by atoms with Crippen molar-refractivity contribution in [3.05, 3.63) is 85.1 Å². The smallest absolute Gasteiger partial charge is 0.362 e. The summed E-state index contributed by atoms with van der Waals surface area (Å²) in [6.07, 6.45) is 49.0. The van der Waals surface area contributed by atoms with Crippen LogP contribution in [-0.2, 0) is 28.6 Å². The van der Waals surface area contributed by atoms with E-state index in [9.17, 15) is 19.5 Å². The number of carboxylic acid groups (broad SMARTS) is 1. The van der Waals surface area contributed by atoms with E-state index < -0.39 is 18.1 Å². The number of carbonyl (C=O) groups is 3. The van der Waals surface area contributed by atoms with Crippen LogP contribution in [-0.4, -0.2) is 80.6 Å². The lowest BCUT2D eigenvalue weighted by Gasteiger charge is -2.31. The molecule has 1 N–H and O–H groups in total. The van der Waals surface area contributed by atoms with Gasteiger partial charge in [-0.15, -0.1) is 0 Å². The van der Waals surface area contributed by atoms with Crippen molar-refractivity contribution in [3.63, 3.8) is 0 Å². The second kappa shape index (κ2) is 38.4. The summed E-state index contributed by atoms with van der Waals surface area (Å²) in [5.41, 5.74) is 0. The molecule has 0 aliphatic carbocycles. The van der Waals surface area contributed by atoms with Crippen LogP contribution < -0.4 is 0 Å². The number of carboxylic acids is 1. The van der Waals surface area contributed by atoms with Crippen LogP contribution in [0.15, 0.2) is 85.1 Å². The van der Waals surface area contributed by atoms with Gasteiger partial charge in [-0.05, 0) is 57.8 Å². The molecule has 0 bridgehead atoms. The van der Waals surface area contributed by atoms with Gasteiger partial charge in [0.05, 0.1) is 34.4 Å². The lowest BCUT2D eigenvalue weighted by atomic mass is 10.1. The van der Waals surface area contributed by atoms with Gasteiger partial charge >= 0.3 is 17.9 Å². The molecule has 8 heteroatoms. The van der Waals surface area contributed by atoms with Crippen molar-refractivity contribution in [2.45, 2.75) is 161 Å². The van der Waals surface area contributed by atoms with Crippen molar-refractivity contribution in [1.82, 2.24) is 0 Å². The Hall–Kier alpha value is -3.49. The summed E-state index contributed by atoms with van der Waals surface area (Å²) in [4.78, 5) is 37.0. The topological polar surface area (TPSA) is 99.1 Å². The number of allylic oxidation sites excluding steroid dienone is 14. The van der Waals surface area contributed by atoms with E-state index in [1.54, 1.807) is 0 Å². The number of likely N-dealkylation sites (N-methyl/N-ethyl adjacent to an activating group) is 1. The monoisotopic (exact) mass is 783 g/mol. The summed E-state index contributed by atoms with van der Waals surface area (Å²) >= 11 is 0. The van der Waals surface area contributed by atoms with Crippen molar-refractivity contribution >= 4 is 17.9 Å². The SMILES string of the molecule is CC/C=C/C=C/C=C/C=C/C=C/C=C/CCCCCC(=O)OCC(COCCC(C(=O)O)[N+](C)(C)C)OC(=O)CCCCCCCCC/C=C/CCCCCC. The summed E-state index contributed by atoms with van der Waals surface area (Å²) in [5.74, 6) is -1.54. The molecule has 0 saturated carbocycles. The molecule has 0 fully saturated rings. The zero-order valence-corrected chi connectivity index (χ0v) is 36.1. The van der Waals surface area contributed by atoms with Crippen molar-refractivity contribution < 1.29 is 38.2 Å². The quantitative estimate of drug-likeness (QED) is 0.0220. The average molecular weight is 783 g/mol. The van der Waals surface area contributed by atoms with E-state index in [-0.39, 0.29) is 36.2 Å². The van der Waals surface area contributed by atoms with E-state index in [1.807, 2.05) is 81.9 Å². The normalized spacial score (nSPS) is 13.8. The lowest BCUT2D eigenvalue weighted by Crippen LogP contribution is -2.50. The van der Waals surface area contributed by atoms with E-state index in [1.165, 1.54) is 64.2 Å². The number of quaternary nitrogens is 1. The molecule has 0 amide bonds. The van der Waals surface area contributed by atoms with Crippen LogP contribution in [0, 0.1) is 0 Å². The van der Waals surface area contributed by atoms with Crippen LogP contribution in [0.2, 0.25) is 0 Å². The van der Waals surface area contributed by atoms with Crippen LogP contribution in [0.5, 0.6) is 0 Å². The minimum Gasteiger partial charge on any atom is -0.477 e. The molecule has 318 valence electrons. The number of unbranched alkanes of at least 4 members (excludes halogenated alkanes) is 14. The van der Waals surface area contributed by atoms with Crippen molar-refractivity contribution in [2.24, 2.45) is 0 Å². The Labute approximate surface area is 342 Å². The van der Waals surface area contributed by atoms with Crippen molar-refractivity contribution in [3.8, 4) is 0 Å². The summed E-state index contributed by atoms with van der Waals surface area (Å²) in [6, 6.07) is -0.626. The average Bonchev–Trinajstić information content (AvgIpc) is 3.15. The van der Waals surface area contributed by atoms with E-state index in [2.05, 4.69) is 38.2 Å². The summed E-state index contributed by atoms with van der Waals surface area (Å²) in [6.45, 7) is 4.51. The van der Waals surface area contributed by atoms with Crippen LogP contribution in [0.3, 0.4) is 0 Å². The van der Waals surface area contributed by atoms with Gasteiger partial charge in [-0.1, -0.05) is 157 Å². The van der Waals surface area contributed by atoms with E-state index in [4.69, 9.17) is 14.2 Å². The molecule has 0 radical (unpaired) electrons. The van der Waals surface area contributed by atoms with Crippen LogP contribution in [0.4, 0.5) is 0 Å². The van der Waals surface area contributed by atoms with Crippen LogP contribution in [0.25, 0.3) is 0 Å². The van der Waals surface area contributed by atoms with Gasteiger partial charge in [0.1, 0.15) is 6.61 Å². The maximum absolute atomic E-state index is 12.7. The first-order valence-corrected chi connectivity index (χ1v) is 21.7. The Morgan fingerprint density at radius 1 is 0.554 bits per heavy atom. The van der Waals surface area contributed by atoms with Crippen molar-refractivity contribution in [1.29, 1.82) is 0 Å². The molecule has 2 unspecified atom stereocenters. The highest BCUT2D eigenvalue weighted by Crippen LogP contribution is 2.13. The number of hydrogen-bond donors (Lipinski definition) is 1. The van der Waals surface area contributed by atoms with E-state index >= 15 is 0 Å². The number of rotatable bonds is 37. The molecular formula is C48H80NO7+. The van der Waals surface area contributed by atoms with E-state index in [0.29, 0.717) is 19.3 Å². The number of nitrogens with zero attached hydrogens (tertiary/aromatic N) is 1. The first kappa shape index (κ1) is 52.5. The fraction of sp³-hybridized carbons (Fsp3) is 0.646. The number of esters is 2. The first-order chi connectivity index (χ1) is 27.1. The summed E-state index contributed by atoms with van der Waals surface area (Å²) in [7, 11) is 5.50. The van der Waals surface area contributed by atoms with Gasteiger partial charge in [-0.3, -0.25) is 9.59 Å². The fourth-order valence-electron chi connectivity index (χ4n) is 5.82. The maximum Gasteiger partial charge on any atom is 0.362 e. The Balaban J connectivity index is 4.48. The summed E-state index contributed by atoms with van der Waals surface area (Å²) < 4.78 is 17.2. The Bertz CT molecular complexity index is 1190. The molecule has 0 heterocycles. The third-order valence-corrected chi connectivity index (χ3v) is 9.19. The molecule has 2 atom stereocenters. The molecule has 0 spiro atoms. The van der Waals surface area contributed by atoms with Crippen LogP contribution in [0.1, 0.15) is 149 Å².